The lowest BCUT2D eigenvalue weighted by Gasteiger charge is -2.09. The summed E-state index contributed by atoms with van der Waals surface area (Å²) < 4.78 is 5.74. The predicted molar refractivity (Wildman–Crippen MR) is 98.1 cm³/mol. The number of aryl methyl sites for hydroxylation is 1. The van der Waals surface area contributed by atoms with Crippen molar-refractivity contribution in [1.29, 1.82) is 0 Å². The third-order valence-electron chi connectivity index (χ3n) is 3.83. The van der Waals surface area contributed by atoms with Gasteiger partial charge < -0.3 is 14.8 Å². The molecule has 0 aliphatic heterocycles. The van der Waals surface area contributed by atoms with E-state index < -0.39 is 0 Å². The van der Waals surface area contributed by atoms with Gasteiger partial charge in [0.2, 0.25) is 5.89 Å². The standard InChI is InChI=1S/C19H14N2O3S/c1-11-9-12(20-18(23)16-7-4-8-25-16)10-13(17(11)22)19-21-14-5-2-3-6-15(14)24-19/h2-10,22H,1H3,(H,20,23). The SMILES string of the molecule is Cc1cc(NC(=O)c2cccs2)cc(-c2nc3ccccc3o2)c1O. The minimum Gasteiger partial charge on any atom is -0.507 e. The molecule has 2 aromatic carbocycles. The van der Waals surface area contributed by atoms with Crippen molar-refractivity contribution in [2.75, 3.05) is 5.32 Å². The number of para-hydroxylation sites is 2. The molecule has 5 nitrogen and oxygen atoms in total. The second kappa shape index (κ2) is 6.07. The average Bonchev–Trinajstić information content (AvgIpc) is 3.26. The summed E-state index contributed by atoms with van der Waals surface area (Å²) >= 11 is 1.37. The number of hydrogen-bond donors (Lipinski definition) is 2. The second-order valence-corrected chi connectivity index (χ2v) is 6.56. The first-order chi connectivity index (χ1) is 12.1. The summed E-state index contributed by atoms with van der Waals surface area (Å²) in [5.41, 5.74) is 3.00. The Morgan fingerprint density at radius 2 is 2.04 bits per heavy atom. The number of aromatic nitrogens is 1. The van der Waals surface area contributed by atoms with Crippen molar-refractivity contribution in [2.45, 2.75) is 6.92 Å². The normalized spacial score (nSPS) is 10.9. The highest BCUT2D eigenvalue weighted by Crippen LogP contribution is 2.36. The van der Waals surface area contributed by atoms with Gasteiger partial charge in [0.1, 0.15) is 11.3 Å². The zero-order valence-electron chi connectivity index (χ0n) is 13.3. The molecule has 2 aromatic heterocycles. The van der Waals surface area contributed by atoms with Crippen LogP contribution in [0.2, 0.25) is 0 Å². The Balaban J connectivity index is 1.75. The number of carbonyl (C=O) groups excluding carboxylic acids is 1. The molecule has 2 N–H and O–H groups in total. The largest absolute Gasteiger partial charge is 0.507 e. The average molecular weight is 350 g/mol. The fourth-order valence-corrected chi connectivity index (χ4v) is 3.22. The Bertz CT molecular complexity index is 1030. The molecule has 0 unspecified atom stereocenters. The van der Waals surface area contributed by atoms with Crippen molar-refractivity contribution in [1.82, 2.24) is 4.98 Å². The third kappa shape index (κ3) is 2.88. The highest BCUT2D eigenvalue weighted by molar-refractivity contribution is 7.12. The number of anilines is 1. The van der Waals surface area contributed by atoms with Crippen LogP contribution < -0.4 is 5.32 Å². The van der Waals surface area contributed by atoms with Gasteiger partial charge in [0.05, 0.1) is 10.4 Å². The lowest BCUT2D eigenvalue weighted by atomic mass is 10.1. The van der Waals surface area contributed by atoms with E-state index in [-0.39, 0.29) is 11.7 Å². The molecule has 6 heteroatoms. The molecule has 2 heterocycles. The van der Waals surface area contributed by atoms with Gasteiger partial charge in [-0.2, -0.15) is 0 Å². The summed E-state index contributed by atoms with van der Waals surface area (Å²) in [4.78, 5) is 17.3. The van der Waals surface area contributed by atoms with E-state index in [4.69, 9.17) is 4.42 Å². The van der Waals surface area contributed by atoms with Crippen LogP contribution in [0, 0.1) is 6.92 Å². The molecule has 4 rings (SSSR count). The zero-order chi connectivity index (χ0) is 17.4. The van der Waals surface area contributed by atoms with Crippen LogP contribution in [0.15, 0.2) is 58.3 Å². The molecule has 1 amide bonds. The maximum absolute atomic E-state index is 12.3. The first-order valence-corrected chi connectivity index (χ1v) is 8.54. The van der Waals surface area contributed by atoms with Gasteiger partial charge in [-0.05, 0) is 48.2 Å². The van der Waals surface area contributed by atoms with Gasteiger partial charge in [0, 0.05) is 5.69 Å². The number of hydrogen-bond acceptors (Lipinski definition) is 5. The number of amides is 1. The van der Waals surface area contributed by atoms with Gasteiger partial charge >= 0.3 is 0 Å². The van der Waals surface area contributed by atoms with E-state index in [1.807, 2.05) is 35.7 Å². The number of phenolic OH excluding ortho intramolecular Hbond substituents is 1. The van der Waals surface area contributed by atoms with Crippen molar-refractivity contribution >= 4 is 34.0 Å². The van der Waals surface area contributed by atoms with Crippen molar-refractivity contribution < 1.29 is 14.3 Å². The van der Waals surface area contributed by atoms with Crippen LogP contribution in [0.5, 0.6) is 5.75 Å². The number of aromatic hydroxyl groups is 1. The smallest absolute Gasteiger partial charge is 0.265 e. The van der Waals surface area contributed by atoms with Crippen LogP contribution >= 0.6 is 11.3 Å². The van der Waals surface area contributed by atoms with E-state index >= 15 is 0 Å². The molecule has 25 heavy (non-hydrogen) atoms. The molecule has 0 atom stereocenters. The number of benzene rings is 2. The lowest BCUT2D eigenvalue weighted by molar-refractivity contribution is 0.103. The van der Waals surface area contributed by atoms with E-state index in [0.29, 0.717) is 38.7 Å². The molecule has 0 bridgehead atoms. The molecule has 0 radical (unpaired) electrons. The number of rotatable bonds is 3. The Morgan fingerprint density at radius 1 is 1.20 bits per heavy atom. The highest BCUT2D eigenvalue weighted by Gasteiger charge is 2.16. The molecular formula is C19H14N2O3S. The number of thiophene rings is 1. The fourth-order valence-electron chi connectivity index (χ4n) is 2.60. The van der Waals surface area contributed by atoms with Gasteiger partial charge in [-0.25, -0.2) is 4.98 Å². The van der Waals surface area contributed by atoms with Crippen LogP contribution in [0.1, 0.15) is 15.2 Å². The predicted octanol–water partition coefficient (Wildman–Crippen LogP) is 4.82. The van der Waals surface area contributed by atoms with Crippen molar-refractivity contribution in [2.24, 2.45) is 0 Å². The molecule has 0 fully saturated rings. The molecule has 0 saturated heterocycles. The molecule has 0 spiro atoms. The number of fused-ring (bicyclic) bond motifs is 1. The first-order valence-electron chi connectivity index (χ1n) is 7.66. The summed E-state index contributed by atoms with van der Waals surface area (Å²) in [5.74, 6) is 0.207. The van der Waals surface area contributed by atoms with Gasteiger partial charge in [0.15, 0.2) is 5.58 Å². The molecular weight excluding hydrogens is 336 g/mol. The van der Waals surface area contributed by atoms with E-state index in [9.17, 15) is 9.90 Å². The topological polar surface area (TPSA) is 75.4 Å². The van der Waals surface area contributed by atoms with Crippen LogP contribution in [0.4, 0.5) is 5.69 Å². The Morgan fingerprint density at radius 3 is 2.80 bits per heavy atom. The number of nitrogens with one attached hydrogen (secondary N) is 1. The van der Waals surface area contributed by atoms with Crippen LogP contribution in [-0.2, 0) is 0 Å². The van der Waals surface area contributed by atoms with Gasteiger partial charge in [-0.15, -0.1) is 11.3 Å². The maximum Gasteiger partial charge on any atom is 0.265 e. The van der Waals surface area contributed by atoms with Crippen molar-refractivity contribution in [3.8, 4) is 17.2 Å². The minimum absolute atomic E-state index is 0.0840. The second-order valence-electron chi connectivity index (χ2n) is 5.61. The number of oxazole rings is 1. The lowest BCUT2D eigenvalue weighted by Crippen LogP contribution is -2.10. The summed E-state index contributed by atoms with van der Waals surface area (Å²) in [5, 5.41) is 15.1. The van der Waals surface area contributed by atoms with E-state index in [0.717, 1.165) is 0 Å². The zero-order valence-corrected chi connectivity index (χ0v) is 14.1. The highest BCUT2D eigenvalue weighted by atomic mass is 32.1. The molecule has 0 aliphatic carbocycles. The first kappa shape index (κ1) is 15.4. The van der Waals surface area contributed by atoms with Gasteiger partial charge in [-0.3, -0.25) is 4.79 Å². The Kier molecular flexibility index (Phi) is 3.74. The number of phenols is 1. The summed E-state index contributed by atoms with van der Waals surface area (Å²) in [7, 11) is 0. The van der Waals surface area contributed by atoms with Gasteiger partial charge in [-0.1, -0.05) is 18.2 Å². The summed E-state index contributed by atoms with van der Waals surface area (Å²) in [6.07, 6.45) is 0. The van der Waals surface area contributed by atoms with Crippen molar-refractivity contribution in [3.63, 3.8) is 0 Å². The molecule has 4 aromatic rings. The molecule has 0 saturated carbocycles. The number of nitrogens with zero attached hydrogens (tertiary/aromatic N) is 1. The quantitative estimate of drug-likeness (QED) is 0.519. The fraction of sp³-hybridized carbons (Fsp3) is 0.0526. The van der Waals surface area contributed by atoms with Crippen LogP contribution in [-0.4, -0.2) is 16.0 Å². The maximum atomic E-state index is 12.3. The molecule has 0 aliphatic rings. The van der Waals surface area contributed by atoms with E-state index in [1.165, 1.54) is 11.3 Å². The Hall–Kier alpha value is -3.12. The van der Waals surface area contributed by atoms with Crippen LogP contribution in [0.3, 0.4) is 0 Å². The summed E-state index contributed by atoms with van der Waals surface area (Å²) in [6, 6.07) is 14.4. The number of carbonyl (C=O) groups is 1. The van der Waals surface area contributed by atoms with E-state index in [2.05, 4.69) is 10.3 Å². The third-order valence-corrected chi connectivity index (χ3v) is 4.70. The Labute approximate surface area is 147 Å². The van der Waals surface area contributed by atoms with Crippen LogP contribution in [0.25, 0.3) is 22.6 Å². The summed E-state index contributed by atoms with van der Waals surface area (Å²) in [6.45, 7) is 1.77. The van der Waals surface area contributed by atoms with Gasteiger partial charge in [0.25, 0.3) is 5.91 Å². The van der Waals surface area contributed by atoms with Crippen molar-refractivity contribution in [3.05, 3.63) is 64.4 Å². The molecule has 124 valence electrons. The van der Waals surface area contributed by atoms with E-state index in [1.54, 1.807) is 25.1 Å². The minimum atomic E-state index is -0.191. The monoisotopic (exact) mass is 350 g/mol.